The number of hydrogen-bond acceptors (Lipinski definition) is 4. The second-order valence-electron chi connectivity index (χ2n) is 4.24. The highest BCUT2D eigenvalue weighted by Crippen LogP contribution is 2.19. The summed E-state index contributed by atoms with van der Waals surface area (Å²) in [4.78, 5) is 12.5. The summed E-state index contributed by atoms with van der Waals surface area (Å²) in [6, 6.07) is 14.1. The van der Waals surface area contributed by atoms with Crippen molar-refractivity contribution in [2.24, 2.45) is 5.84 Å². The van der Waals surface area contributed by atoms with Crippen LogP contribution >= 0.6 is 11.6 Å². The third kappa shape index (κ3) is 2.03. The van der Waals surface area contributed by atoms with Crippen LogP contribution in [0.5, 0.6) is 0 Å². The van der Waals surface area contributed by atoms with Crippen LogP contribution in [0.3, 0.4) is 0 Å². The molecule has 1 heterocycles. The SMILES string of the molecule is NNc1nn(-c2cccc(Cl)c2)c(=O)c2ccccc12. The largest absolute Gasteiger partial charge is 0.307 e. The molecule has 0 radical (unpaired) electrons. The molecule has 2 aromatic carbocycles. The third-order valence-corrected chi connectivity index (χ3v) is 3.23. The minimum atomic E-state index is -0.220. The van der Waals surface area contributed by atoms with Gasteiger partial charge in [-0.25, -0.2) is 5.84 Å². The monoisotopic (exact) mass is 286 g/mol. The Morgan fingerprint density at radius 3 is 2.55 bits per heavy atom. The molecule has 0 saturated heterocycles. The van der Waals surface area contributed by atoms with Crippen molar-refractivity contribution in [2.45, 2.75) is 0 Å². The first-order chi connectivity index (χ1) is 9.70. The third-order valence-electron chi connectivity index (χ3n) is 2.99. The van der Waals surface area contributed by atoms with Crippen LogP contribution in [-0.4, -0.2) is 9.78 Å². The van der Waals surface area contributed by atoms with Gasteiger partial charge in [0.25, 0.3) is 5.56 Å². The maximum atomic E-state index is 12.5. The molecule has 0 saturated carbocycles. The maximum absolute atomic E-state index is 12.5. The van der Waals surface area contributed by atoms with E-state index in [0.29, 0.717) is 27.3 Å². The van der Waals surface area contributed by atoms with Crippen LogP contribution in [-0.2, 0) is 0 Å². The summed E-state index contributed by atoms with van der Waals surface area (Å²) in [5.74, 6) is 5.92. The number of rotatable bonds is 2. The van der Waals surface area contributed by atoms with E-state index in [-0.39, 0.29) is 5.56 Å². The molecule has 1 aromatic heterocycles. The molecule has 5 nitrogen and oxygen atoms in total. The van der Waals surface area contributed by atoms with E-state index in [2.05, 4.69) is 10.5 Å². The van der Waals surface area contributed by atoms with Gasteiger partial charge in [0.15, 0.2) is 5.82 Å². The van der Waals surface area contributed by atoms with Crippen molar-refractivity contribution in [1.29, 1.82) is 0 Å². The van der Waals surface area contributed by atoms with Gasteiger partial charge >= 0.3 is 0 Å². The summed E-state index contributed by atoms with van der Waals surface area (Å²) < 4.78 is 1.28. The molecule has 0 amide bonds. The highest BCUT2D eigenvalue weighted by molar-refractivity contribution is 6.30. The van der Waals surface area contributed by atoms with Gasteiger partial charge in [-0.1, -0.05) is 35.9 Å². The Balaban J connectivity index is 2.37. The fourth-order valence-corrected chi connectivity index (χ4v) is 2.26. The smallest absolute Gasteiger partial charge is 0.279 e. The summed E-state index contributed by atoms with van der Waals surface area (Å²) in [5.41, 5.74) is 2.89. The number of aromatic nitrogens is 2. The highest BCUT2D eigenvalue weighted by Gasteiger charge is 2.10. The van der Waals surface area contributed by atoms with E-state index in [4.69, 9.17) is 17.4 Å². The first-order valence-electron chi connectivity index (χ1n) is 5.95. The van der Waals surface area contributed by atoms with Crippen molar-refractivity contribution in [3.05, 3.63) is 63.9 Å². The Morgan fingerprint density at radius 2 is 1.85 bits per heavy atom. The lowest BCUT2D eigenvalue weighted by atomic mass is 10.2. The van der Waals surface area contributed by atoms with E-state index in [1.54, 1.807) is 42.5 Å². The van der Waals surface area contributed by atoms with Gasteiger partial charge in [-0.3, -0.25) is 4.79 Å². The second-order valence-corrected chi connectivity index (χ2v) is 4.67. The fourth-order valence-electron chi connectivity index (χ4n) is 2.08. The summed E-state index contributed by atoms with van der Waals surface area (Å²) in [6.45, 7) is 0. The number of nitrogens with zero attached hydrogens (tertiary/aromatic N) is 2. The van der Waals surface area contributed by atoms with Crippen LogP contribution in [0.1, 0.15) is 0 Å². The topological polar surface area (TPSA) is 72.9 Å². The van der Waals surface area contributed by atoms with Crippen molar-refractivity contribution in [3.8, 4) is 5.69 Å². The highest BCUT2D eigenvalue weighted by atomic mass is 35.5. The molecule has 0 bridgehead atoms. The molecule has 0 unspecified atom stereocenters. The summed E-state index contributed by atoms with van der Waals surface area (Å²) in [6.07, 6.45) is 0. The number of hydrogen-bond donors (Lipinski definition) is 2. The number of nitrogens with one attached hydrogen (secondary N) is 1. The second kappa shape index (κ2) is 4.96. The summed E-state index contributed by atoms with van der Waals surface area (Å²) in [5, 5.41) is 5.99. The van der Waals surface area contributed by atoms with Crippen molar-refractivity contribution < 1.29 is 0 Å². The Bertz CT molecular complexity index is 844. The zero-order valence-electron chi connectivity index (χ0n) is 10.4. The van der Waals surface area contributed by atoms with Gasteiger partial charge in [-0.2, -0.15) is 4.68 Å². The van der Waals surface area contributed by atoms with E-state index in [1.165, 1.54) is 4.68 Å². The fraction of sp³-hybridized carbons (Fsp3) is 0. The Kier molecular flexibility index (Phi) is 3.14. The van der Waals surface area contributed by atoms with Gasteiger partial charge in [0, 0.05) is 10.4 Å². The molecule has 100 valence electrons. The molecule has 3 N–H and O–H groups in total. The van der Waals surface area contributed by atoms with Gasteiger partial charge < -0.3 is 5.43 Å². The molecule has 20 heavy (non-hydrogen) atoms. The average Bonchev–Trinajstić information content (AvgIpc) is 2.48. The van der Waals surface area contributed by atoms with E-state index in [9.17, 15) is 4.79 Å². The van der Waals surface area contributed by atoms with E-state index < -0.39 is 0 Å². The molecular weight excluding hydrogens is 276 g/mol. The van der Waals surface area contributed by atoms with Crippen molar-refractivity contribution in [2.75, 3.05) is 5.43 Å². The van der Waals surface area contributed by atoms with Gasteiger partial charge in [-0.05, 0) is 24.3 Å². The average molecular weight is 287 g/mol. The molecule has 0 aliphatic carbocycles. The minimum absolute atomic E-state index is 0.220. The normalized spacial score (nSPS) is 10.7. The first kappa shape index (κ1) is 12.7. The number of nitrogen functional groups attached to an aromatic ring is 1. The van der Waals surface area contributed by atoms with Crippen LogP contribution in [0, 0.1) is 0 Å². The van der Waals surface area contributed by atoms with Crippen LogP contribution in [0.25, 0.3) is 16.5 Å². The number of hydrazine groups is 1. The quantitative estimate of drug-likeness (QED) is 0.560. The van der Waals surface area contributed by atoms with Crippen LogP contribution in [0.15, 0.2) is 53.3 Å². The van der Waals surface area contributed by atoms with Crippen molar-refractivity contribution in [1.82, 2.24) is 9.78 Å². The van der Waals surface area contributed by atoms with Gasteiger partial charge in [-0.15, -0.1) is 5.10 Å². The van der Waals surface area contributed by atoms with Gasteiger partial charge in [0.2, 0.25) is 0 Å². The Hall–Kier alpha value is -2.37. The van der Waals surface area contributed by atoms with Crippen molar-refractivity contribution >= 4 is 28.2 Å². The summed E-state index contributed by atoms with van der Waals surface area (Å²) in [7, 11) is 0. The van der Waals surface area contributed by atoms with Crippen LogP contribution < -0.4 is 16.8 Å². The lowest BCUT2D eigenvalue weighted by Gasteiger charge is -2.10. The first-order valence-corrected chi connectivity index (χ1v) is 6.33. The molecule has 3 rings (SSSR count). The van der Waals surface area contributed by atoms with Crippen molar-refractivity contribution in [3.63, 3.8) is 0 Å². The van der Waals surface area contributed by atoms with E-state index >= 15 is 0 Å². The maximum Gasteiger partial charge on any atom is 0.279 e. The van der Waals surface area contributed by atoms with Gasteiger partial charge in [0.05, 0.1) is 11.1 Å². The number of fused-ring (bicyclic) bond motifs is 1. The molecule has 6 heteroatoms. The number of benzene rings is 2. The zero-order chi connectivity index (χ0) is 14.1. The van der Waals surface area contributed by atoms with E-state index in [1.807, 2.05) is 6.07 Å². The standard InChI is InChI=1S/C14H11ClN4O/c15-9-4-3-5-10(8-9)19-14(20)12-7-2-1-6-11(12)13(17-16)18-19/h1-8H,16H2,(H,17,18). The summed E-state index contributed by atoms with van der Waals surface area (Å²) >= 11 is 5.96. The lowest BCUT2D eigenvalue weighted by molar-refractivity contribution is 0.823. The zero-order valence-corrected chi connectivity index (χ0v) is 11.1. The predicted octanol–water partition coefficient (Wildman–Crippen LogP) is 2.32. The molecule has 0 fully saturated rings. The minimum Gasteiger partial charge on any atom is -0.307 e. The number of anilines is 1. The molecule has 3 aromatic rings. The molecule has 0 spiro atoms. The number of halogens is 1. The van der Waals surface area contributed by atoms with E-state index in [0.717, 1.165) is 0 Å². The Morgan fingerprint density at radius 1 is 1.10 bits per heavy atom. The Labute approximate surface area is 119 Å². The van der Waals surface area contributed by atoms with Gasteiger partial charge in [0.1, 0.15) is 0 Å². The molecule has 0 aliphatic heterocycles. The van der Waals surface area contributed by atoms with Crippen LogP contribution in [0.4, 0.5) is 5.82 Å². The molecular formula is C14H11ClN4O. The molecule has 0 aliphatic rings. The lowest BCUT2D eigenvalue weighted by Crippen LogP contribution is -2.24. The number of nitrogens with two attached hydrogens (primary N) is 1. The molecule has 0 atom stereocenters. The predicted molar refractivity (Wildman–Crippen MR) is 80.2 cm³/mol. The van der Waals surface area contributed by atoms with Crippen LogP contribution in [0.2, 0.25) is 5.02 Å².